The van der Waals surface area contributed by atoms with Gasteiger partial charge in [0.05, 0.1) is 12.3 Å². The molecule has 4 nitrogen and oxygen atoms in total. The molecule has 2 aliphatic rings. The first-order chi connectivity index (χ1) is 13.1. The lowest BCUT2D eigenvalue weighted by molar-refractivity contribution is -0.135. The first-order valence-electron chi connectivity index (χ1n) is 9.10. The standard InChI is InChI=1S/C21H20F2N2O2/c22-17-5-1-3-14(9-17)12-25(21(26)15-7-8-15)13-19-11-20(24-27-19)16-4-2-6-18(23)10-16/h1-6,9-10,15,19H,7-8,11-13H2/t19-/m0/s1. The number of nitrogens with zero attached hydrogens (tertiary/aromatic N) is 2. The maximum Gasteiger partial charge on any atom is 0.226 e. The van der Waals surface area contributed by atoms with Crippen molar-refractivity contribution < 1.29 is 18.4 Å². The van der Waals surface area contributed by atoms with E-state index in [0.717, 1.165) is 18.4 Å². The highest BCUT2D eigenvalue weighted by Gasteiger charge is 2.35. The third-order valence-corrected chi connectivity index (χ3v) is 4.82. The van der Waals surface area contributed by atoms with E-state index in [0.29, 0.717) is 30.8 Å². The molecule has 1 atom stereocenters. The van der Waals surface area contributed by atoms with Gasteiger partial charge in [0.25, 0.3) is 0 Å². The summed E-state index contributed by atoms with van der Waals surface area (Å²) in [5.74, 6) is -0.513. The Kier molecular flexibility index (Phi) is 4.88. The Morgan fingerprint density at radius 3 is 2.56 bits per heavy atom. The Balaban J connectivity index is 1.43. The lowest BCUT2D eigenvalue weighted by Gasteiger charge is -2.25. The molecule has 1 heterocycles. The highest BCUT2D eigenvalue weighted by molar-refractivity contribution is 6.01. The average Bonchev–Trinajstić information content (AvgIpc) is 3.39. The van der Waals surface area contributed by atoms with Crippen molar-refractivity contribution >= 4 is 11.6 Å². The number of benzene rings is 2. The van der Waals surface area contributed by atoms with Crippen LogP contribution in [0, 0.1) is 17.6 Å². The SMILES string of the molecule is O=C(C1CC1)N(Cc1cccc(F)c1)C[C@@H]1CC(c2cccc(F)c2)=NO1. The van der Waals surface area contributed by atoms with Gasteiger partial charge >= 0.3 is 0 Å². The Hall–Kier alpha value is -2.76. The number of hydrogen-bond acceptors (Lipinski definition) is 3. The van der Waals surface area contributed by atoms with Gasteiger partial charge in [0.2, 0.25) is 5.91 Å². The van der Waals surface area contributed by atoms with Crippen molar-refractivity contribution in [1.29, 1.82) is 0 Å². The molecule has 140 valence electrons. The average molecular weight is 370 g/mol. The molecule has 2 aromatic carbocycles. The molecule has 0 bridgehead atoms. The summed E-state index contributed by atoms with van der Waals surface area (Å²) in [6, 6.07) is 12.5. The van der Waals surface area contributed by atoms with E-state index in [2.05, 4.69) is 5.16 Å². The number of carbonyl (C=O) groups is 1. The zero-order valence-corrected chi connectivity index (χ0v) is 14.8. The van der Waals surface area contributed by atoms with Crippen LogP contribution in [0.1, 0.15) is 30.4 Å². The molecule has 1 aliphatic heterocycles. The molecule has 0 unspecified atom stereocenters. The van der Waals surface area contributed by atoms with Gasteiger partial charge in [0, 0.05) is 24.4 Å². The van der Waals surface area contributed by atoms with Crippen LogP contribution < -0.4 is 0 Å². The van der Waals surface area contributed by atoms with Crippen LogP contribution in [0.3, 0.4) is 0 Å². The van der Waals surface area contributed by atoms with Crippen LogP contribution >= 0.6 is 0 Å². The molecular formula is C21H20F2N2O2. The predicted octanol–water partition coefficient (Wildman–Crippen LogP) is 3.90. The molecule has 27 heavy (non-hydrogen) atoms. The summed E-state index contributed by atoms with van der Waals surface area (Å²) in [5, 5.41) is 4.07. The van der Waals surface area contributed by atoms with Gasteiger partial charge in [0.15, 0.2) is 6.10 Å². The summed E-state index contributed by atoms with van der Waals surface area (Å²) < 4.78 is 26.9. The minimum atomic E-state index is -0.324. The van der Waals surface area contributed by atoms with Crippen molar-refractivity contribution in [2.24, 2.45) is 11.1 Å². The van der Waals surface area contributed by atoms with Crippen LogP contribution in [0.2, 0.25) is 0 Å². The number of amides is 1. The number of rotatable bonds is 6. The molecule has 1 amide bonds. The first-order valence-corrected chi connectivity index (χ1v) is 9.10. The van der Waals surface area contributed by atoms with Crippen LogP contribution in [0.15, 0.2) is 53.7 Å². The van der Waals surface area contributed by atoms with E-state index in [1.807, 2.05) is 0 Å². The summed E-state index contributed by atoms with van der Waals surface area (Å²) in [5.41, 5.74) is 2.10. The van der Waals surface area contributed by atoms with Gasteiger partial charge in [-0.3, -0.25) is 4.79 Å². The molecule has 6 heteroatoms. The zero-order chi connectivity index (χ0) is 18.8. The van der Waals surface area contributed by atoms with Gasteiger partial charge in [-0.2, -0.15) is 0 Å². The topological polar surface area (TPSA) is 41.9 Å². The zero-order valence-electron chi connectivity index (χ0n) is 14.8. The van der Waals surface area contributed by atoms with Crippen LogP contribution in [-0.2, 0) is 16.2 Å². The second-order valence-electron chi connectivity index (χ2n) is 7.10. The van der Waals surface area contributed by atoms with E-state index in [-0.39, 0.29) is 29.6 Å². The van der Waals surface area contributed by atoms with Crippen LogP contribution in [-0.4, -0.2) is 29.2 Å². The molecule has 0 saturated heterocycles. The summed E-state index contributed by atoms with van der Waals surface area (Å²) in [7, 11) is 0. The molecule has 1 fully saturated rings. The van der Waals surface area contributed by atoms with Crippen molar-refractivity contribution in [2.45, 2.75) is 31.9 Å². The highest BCUT2D eigenvalue weighted by Crippen LogP contribution is 2.32. The van der Waals surface area contributed by atoms with Gasteiger partial charge < -0.3 is 9.74 Å². The lowest BCUT2D eigenvalue weighted by atomic mass is 10.0. The van der Waals surface area contributed by atoms with E-state index in [1.54, 1.807) is 29.2 Å². The molecule has 0 radical (unpaired) electrons. The maximum atomic E-state index is 13.5. The van der Waals surface area contributed by atoms with Gasteiger partial charge in [0.1, 0.15) is 11.6 Å². The number of hydrogen-bond donors (Lipinski definition) is 0. The molecule has 2 aromatic rings. The first kappa shape index (κ1) is 17.6. The minimum Gasteiger partial charge on any atom is -0.390 e. The summed E-state index contributed by atoms with van der Waals surface area (Å²) in [4.78, 5) is 19.9. The fraction of sp³-hybridized carbons (Fsp3) is 0.333. The Morgan fingerprint density at radius 2 is 1.85 bits per heavy atom. The molecule has 0 spiro atoms. The fourth-order valence-electron chi connectivity index (χ4n) is 3.29. The molecule has 0 N–H and O–H groups in total. The molecular weight excluding hydrogens is 350 g/mol. The quantitative estimate of drug-likeness (QED) is 0.774. The fourth-order valence-corrected chi connectivity index (χ4v) is 3.29. The van der Waals surface area contributed by atoms with E-state index < -0.39 is 0 Å². The number of halogens is 2. The van der Waals surface area contributed by atoms with Gasteiger partial charge in [-0.15, -0.1) is 0 Å². The Morgan fingerprint density at radius 1 is 1.11 bits per heavy atom. The summed E-state index contributed by atoms with van der Waals surface area (Å²) in [6.45, 7) is 0.705. The third-order valence-electron chi connectivity index (χ3n) is 4.82. The van der Waals surface area contributed by atoms with Crippen LogP contribution in [0.4, 0.5) is 8.78 Å². The number of oxime groups is 1. The minimum absolute atomic E-state index is 0.0589. The van der Waals surface area contributed by atoms with Crippen molar-refractivity contribution in [3.63, 3.8) is 0 Å². The molecule has 1 aliphatic carbocycles. The van der Waals surface area contributed by atoms with Crippen LogP contribution in [0.25, 0.3) is 0 Å². The van der Waals surface area contributed by atoms with Crippen molar-refractivity contribution in [1.82, 2.24) is 4.90 Å². The van der Waals surface area contributed by atoms with E-state index in [4.69, 9.17) is 4.84 Å². The lowest BCUT2D eigenvalue weighted by Crippen LogP contribution is -2.38. The molecule has 1 saturated carbocycles. The predicted molar refractivity (Wildman–Crippen MR) is 97.0 cm³/mol. The summed E-state index contributed by atoms with van der Waals surface area (Å²) >= 11 is 0. The van der Waals surface area contributed by atoms with E-state index in [1.165, 1.54) is 24.3 Å². The van der Waals surface area contributed by atoms with Crippen molar-refractivity contribution in [2.75, 3.05) is 6.54 Å². The highest BCUT2D eigenvalue weighted by atomic mass is 19.1. The molecule has 4 rings (SSSR count). The van der Waals surface area contributed by atoms with Crippen molar-refractivity contribution in [3.8, 4) is 0 Å². The van der Waals surface area contributed by atoms with E-state index in [9.17, 15) is 13.6 Å². The second kappa shape index (κ2) is 7.47. The maximum absolute atomic E-state index is 13.5. The third kappa shape index (κ3) is 4.32. The van der Waals surface area contributed by atoms with Gasteiger partial charge in [-0.25, -0.2) is 8.78 Å². The van der Waals surface area contributed by atoms with Gasteiger partial charge in [-0.05, 0) is 42.7 Å². The van der Waals surface area contributed by atoms with Crippen LogP contribution in [0.5, 0.6) is 0 Å². The second-order valence-corrected chi connectivity index (χ2v) is 7.10. The summed E-state index contributed by atoms with van der Waals surface area (Å²) in [6.07, 6.45) is 2.00. The molecule has 0 aromatic heterocycles. The Labute approximate surface area is 156 Å². The normalized spacial score (nSPS) is 18.7. The Bertz CT molecular complexity index is 880. The number of carbonyl (C=O) groups excluding carboxylic acids is 1. The smallest absolute Gasteiger partial charge is 0.226 e. The van der Waals surface area contributed by atoms with Gasteiger partial charge in [-0.1, -0.05) is 29.4 Å². The van der Waals surface area contributed by atoms with E-state index >= 15 is 0 Å². The monoisotopic (exact) mass is 370 g/mol. The largest absolute Gasteiger partial charge is 0.390 e. The van der Waals surface area contributed by atoms with Crippen molar-refractivity contribution in [3.05, 3.63) is 71.3 Å².